The van der Waals surface area contributed by atoms with Crippen LogP contribution in [0.3, 0.4) is 0 Å². The molecule has 3 heteroatoms. The minimum absolute atomic E-state index is 0.105. The Bertz CT molecular complexity index is 455. The summed E-state index contributed by atoms with van der Waals surface area (Å²) in [7, 11) is 0. The predicted octanol–water partition coefficient (Wildman–Crippen LogP) is 3.70. The van der Waals surface area contributed by atoms with Crippen LogP contribution in [0.5, 0.6) is 0 Å². The van der Waals surface area contributed by atoms with E-state index in [1.165, 1.54) is 12.8 Å². The Hall–Kier alpha value is -0.150. The van der Waals surface area contributed by atoms with Gasteiger partial charge in [0.25, 0.3) is 0 Å². The molecule has 0 saturated heterocycles. The lowest BCUT2D eigenvalue weighted by Crippen LogP contribution is -2.54. The van der Waals surface area contributed by atoms with Gasteiger partial charge in [0, 0.05) is 0 Å². The van der Waals surface area contributed by atoms with Gasteiger partial charge in [-0.25, -0.2) is 4.39 Å². The fraction of sp³-hybridized carbons (Fsp3) is 1.00. The molecule has 0 radical (unpaired) electrons. The van der Waals surface area contributed by atoms with Crippen LogP contribution in [-0.4, -0.2) is 28.6 Å². The molecule has 9 atom stereocenters. The molecule has 22 heavy (non-hydrogen) atoms. The summed E-state index contributed by atoms with van der Waals surface area (Å²) in [6, 6.07) is 0. The molecule has 126 valence electrons. The Labute approximate surface area is 133 Å². The summed E-state index contributed by atoms with van der Waals surface area (Å²) in [6.07, 6.45) is 6.22. The molecular weight excluding hydrogens is 279 g/mol. The predicted molar refractivity (Wildman–Crippen MR) is 84.0 cm³/mol. The fourth-order valence-electron chi connectivity index (χ4n) is 7.18. The van der Waals surface area contributed by atoms with Crippen LogP contribution in [0.15, 0.2) is 0 Å². The number of aliphatic hydroxyl groups is 2. The maximum absolute atomic E-state index is 14.2. The number of hydrogen-bond donors (Lipinski definition) is 2. The van der Waals surface area contributed by atoms with Crippen LogP contribution in [0, 0.1) is 34.5 Å². The second-order valence-corrected chi connectivity index (χ2v) is 9.33. The highest BCUT2D eigenvalue weighted by atomic mass is 19.1. The van der Waals surface area contributed by atoms with Crippen molar-refractivity contribution in [2.24, 2.45) is 34.5 Å². The van der Waals surface area contributed by atoms with Crippen molar-refractivity contribution in [1.29, 1.82) is 0 Å². The molecule has 0 amide bonds. The van der Waals surface area contributed by atoms with Crippen molar-refractivity contribution in [1.82, 2.24) is 0 Å². The zero-order valence-corrected chi connectivity index (χ0v) is 14.0. The number of alkyl halides is 1. The highest BCUT2D eigenvalue weighted by Gasteiger charge is 2.62. The molecule has 0 unspecified atom stereocenters. The zero-order valence-electron chi connectivity index (χ0n) is 14.0. The highest BCUT2D eigenvalue weighted by molar-refractivity contribution is 5.11. The van der Waals surface area contributed by atoms with Crippen molar-refractivity contribution in [3.63, 3.8) is 0 Å². The minimum atomic E-state index is -1.02. The van der Waals surface area contributed by atoms with E-state index in [1.54, 1.807) is 0 Å². The van der Waals surface area contributed by atoms with Crippen molar-refractivity contribution >= 4 is 0 Å². The van der Waals surface area contributed by atoms with E-state index in [9.17, 15) is 14.6 Å². The lowest BCUT2D eigenvalue weighted by atomic mass is 9.45. The van der Waals surface area contributed by atoms with E-state index in [1.807, 2.05) is 0 Å². The highest BCUT2D eigenvalue weighted by Crippen LogP contribution is 2.66. The van der Waals surface area contributed by atoms with Gasteiger partial charge in [0.1, 0.15) is 6.17 Å². The third kappa shape index (κ3) is 1.90. The first-order valence-corrected chi connectivity index (χ1v) is 9.36. The lowest BCUT2D eigenvalue weighted by Gasteiger charge is -2.60. The Morgan fingerprint density at radius 2 is 1.59 bits per heavy atom. The summed E-state index contributed by atoms with van der Waals surface area (Å²) in [6.45, 7) is 4.58. The lowest BCUT2D eigenvalue weighted by molar-refractivity contribution is -0.134. The Morgan fingerprint density at radius 1 is 0.864 bits per heavy atom. The molecular formula is C19H31FO2. The molecule has 0 bridgehead atoms. The third-order valence-electron chi connectivity index (χ3n) is 8.57. The largest absolute Gasteiger partial charge is 0.393 e. The van der Waals surface area contributed by atoms with Crippen molar-refractivity contribution in [3.05, 3.63) is 0 Å². The van der Waals surface area contributed by atoms with Gasteiger partial charge >= 0.3 is 0 Å². The van der Waals surface area contributed by atoms with Crippen LogP contribution in [0.25, 0.3) is 0 Å². The maximum atomic E-state index is 14.2. The third-order valence-corrected chi connectivity index (χ3v) is 8.57. The van der Waals surface area contributed by atoms with E-state index in [0.29, 0.717) is 35.5 Å². The molecule has 4 rings (SSSR count). The van der Waals surface area contributed by atoms with Crippen molar-refractivity contribution in [2.75, 3.05) is 0 Å². The van der Waals surface area contributed by atoms with Crippen LogP contribution in [-0.2, 0) is 0 Å². The Balaban J connectivity index is 1.63. The van der Waals surface area contributed by atoms with Gasteiger partial charge < -0.3 is 10.2 Å². The van der Waals surface area contributed by atoms with E-state index in [2.05, 4.69) is 13.8 Å². The number of halogens is 1. The van der Waals surface area contributed by atoms with Gasteiger partial charge in [-0.05, 0) is 85.9 Å². The minimum Gasteiger partial charge on any atom is -0.393 e. The second-order valence-electron chi connectivity index (χ2n) is 9.33. The normalized spacial score (nSPS) is 61.2. The van der Waals surface area contributed by atoms with E-state index in [4.69, 9.17) is 0 Å². The van der Waals surface area contributed by atoms with Gasteiger partial charge in [0.15, 0.2) is 0 Å². The summed E-state index contributed by atoms with van der Waals surface area (Å²) < 4.78 is 14.2. The van der Waals surface area contributed by atoms with Crippen molar-refractivity contribution in [3.8, 4) is 0 Å². The van der Waals surface area contributed by atoms with Crippen LogP contribution >= 0.6 is 0 Å². The molecule has 0 heterocycles. The van der Waals surface area contributed by atoms with Crippen LogP contribution in [0.4, 0.5) is 4.39 Å². The van der Waals surface area contributed by atoms with Gasteiger partial charge in [0.2, 0.25) is 0 Å². The summed E-state index contributed by atoms with van der Waals surface area (Å²) >= 11 is 0. The molecule has 4 aliphatic carbocycles. The first kappa shape index (κ1) is 15.4. The number of aliphatic hydroxyl groups excluding tert-OH is 2. The first-order valence-electron chi connectivity index (χ1n) is 9.36. The SMILES string of the molecule is C[C@]12CC[C@@H](O)C[C@@H]1CC[C@@H]1[C@@H]2CC[C@]2(C)[C@@H](O)[C@H](F)C[C@@H]12. The molecule has 0 aliphatic heterocycles. The van der Waals surface area contributed by atoms with Crippen LogP contribution in [0.1, 0.15) is 65.2 Å². The zero-order chi connectivity index (χ0) is 15.7. The van der Waals surface area contributed by atoms with Gasteiger partial charge in [-0.3, -0.25) is 0 Å². The molecule has 0 aromatic rings. The number of rotatable bonds is 0. The van der Waals surface area contributed by atoms with E-state index < -0.39 is 12.3 Å². The fourth-order valence-corrected chi connectivity index (χ4v) is 7.18. The van der Waals surface area contributed by atoms with Crippen LogP contribution in [0.2, 0.25) is 0 Å². The molecule has 2 N–H and O–H groups in total. The Morgan fingerprint density at radius 3 is 2.36 bits per heavy atom. The monoisotopic (exact) mass is 310 g/mol. The number of hydrogen-bond acceptors (Lipinski definition) is 2. The van der Waals surface area contributed by atoms with Crippen LogP contribution < -0.4 is 0 Å². The van der Waals surface area contributed by atoms with Crippen molar-refractivity contribution in [2.45, 2.75) is 83.6 Å². The molecule has 0 aromatic carbocycles. The molecule has 4 saturated carbocycles. The molecule has 0 aromatic heterocycles. The maximum Gasteiger partial charge on any atom is 0.127 e. The van der Waals surface area contributed by atoms with Gasteiger partial charge in [-0.2, -0.15) is 0 Å². The summed E-state index contributed by atoms with van der Waals surface area (Å²) in [5, 5.41) is 20.4. The standard InChI is InChI=1S/C19H31FO2/c1-18-7-5-12(21)9-11(18)3-4-13-14(18)6-8-19(2)15(13)10-16(20)17(19)22/h11-17,21-22H,3-10H2,1-2H3/t11-,12+,13+,14-,15-,16+,17-,18-,19-/m0/s1. The first-order chi connectivity index (χ1) is 10.4. The molecule has 4 fully saturated rings. The molecule has 0 spiro atoms. The Kier molecular flexibility index (Phi) is 3.44. The topological polar surface area (TPSA) is 40.5 Å². The summed E-state index contributed by atoms with van der Waals surface area (Å²) in [5.74, 6) is 2.27. The van der Waals surface area contributed by atoms with Gasteiger partial charge in [-0.1, -0.05) is 13.8 Å². The van der Waals surface area contributed by atoms with E-state index >= 15 is 0 Å². The average molecular weight is 310 g/mol. The number of fused-ring (bicyclic) bond motifs is 5. The van der Waals surface area contributed by atoms with E-state index in [0.717, 1.165) is 32.1 Å². The van der Waals surface area contributed by atoms with Crippen molar-refractivity contribution < 1.29 is 14.6 Å². The second kappa shape index (κ2) is 4.92. The quantitative estimate of drug-likeness (QED) is 0.716. The molecule has 2 nitrogen and oxygen atoms in total. The van der Waals surface area contributed by atoms with Gasteiger partial charge in [-0.15, -0.1) is 0 Å². The smallest absolute Gasteiger partial charge is 0.127 e. The summed E-state index contributed by atoms with van der Waals surface area (Å²) in [5.41, 5.74) is 0.140. The van der Waals surface area contributed by atoms with Gasteiger partial charge in [0.05, 0.1) is 12.2 Å². The van der Waals surface area contributed by atoms with E-state index in [-0.39, 0.29) is 11.5 Å². The average Bonchev–Trinajstić information content (AvgIpc) is 2.72. The summed E-state index contributed by atoms with van der Waals surface area (Å²) in [4.78, 5) is 0. The molecule has 4 aliphatic rings.